The molecule has 0 bridgehead atoms. The second kappa shape index (κ2) is 7.14. The molecule has 2 aromatic carbocycles. The molecule has 2 N–H and O–H groups in total. The summed E-state index contributed by atoms with van der Waals surface area (Å²) < 4.78 is 0. The van der Waals surface area contributed by atoms with Crippen LogP contribution >= 0.6 is 23.4 Å². The van der Waals surface area contributed by atoms with Crippen LogP contribution in [0.25, 0.3) is 5.57 Å². The molecule has 28 heavy (non-hydrogen) atoms. The number of anilines is 1. The largest absolute Gasteiger partial charge is 0.480 e. The van der Waals surface area contributed by atoms with Crippen LogP contribution in [0, 0.1) is 0 Å². The molecular formula is C19H12ClN3O4S. The van der Waals surface area contributed by atoms with Crippen molar-refractivity contribution in [1.29, 1.82) is 0 Å². The van der Waals surface area contributed by atoms with Crippen molar-refractivity contribution >= 4 is 63.3 Å². The van der Waals surface area contributed by atoms with Crippen LogP contribution in [0.1, 0.15) is 5.56 Å². The van der Waals surface area contributed by atoms with E-state index in [9.17, 15) is 14.4 Å². The van der Waals surface area contributed by atoms with Gasteiger partial charge in [-0.25, -0.2) is 4.99 Å². The van der Waals surface area contributed by atoms with Gasteiger partial charge in [-0.1, -0.05) is 29.8 Å². The van der Waals surface area contributed by atoms with Crippen LogP contribution in [-0.2, 0) is 14.4 Å². The smallest absolute Gasteiger partial charge is 0.323 e. The number of carbonyl (C=O) groups is 3. The molecule has 0 radical (unpaired) electrons. The number of nitrogens with zero attached hydrogens (tertiary/aromatic N) is 2. The molecule has 2 aromatic rings. The highest BCUT2D eigenvalue weighted by Gasteiger charge is 2.39. The summed E-state index contributed by atoms with van der Waals surface area (Å²) in [5.41, 5.74) is 1.78. The van der Waals surface area contributed by atoms with Crippen molar-refractivity contribution in [2.24, 2.45) is 4.99 Å². The van der Waals surface area contributed by atoms with Gasteiger partial charge in [0.25, 0.3) is 11.8 Å². The zero-order chi connectivity index (χ0) is 19.8. The molecule has 0 saturated carbocycles. The van der Waals surface area contributed by atoms with Crippen LogP contribution in [0.3, 0.4) is 0 Å². The highest BCUT2D eigenvalue weighted by Crippen LogP contribution is 2.42. The number of rotatable bonds is 3. The number of hydrogen-bond donors (Lipinski definition) is 2. The van der Waals surface area contributed by atoms with Crippen LogP contribution in [0.5, 0.6) is 0 Å². The monoisotopic (exact) mass is 413 g/mol. The minimum atomic E-state index is -1.14. The van der Waals surface area contributed by atoms with Crippen molar-refractivity contribution in [3.8, 4) is 0 Å². The van der Waals surface area contributed by atoms with E-state index in [0.717, 1.165) is 16.7 Å². The number of nitrogens with one attached hydrogen (secondary N) is 1. The Hall–Kier alpha value is -3.10. The first-order chi connectivity index (χ1) is 13.4. The molecule has 0 aliphatic carbocycles. The molecule has 2 aliphatic rings. The average Bonchev–Trinajstić information content (AvgIpc) is 3.14. The van der Waals surface area contributed by atoms with E-state index < -0.39 is 24.3 Å². The minimum absolute atomic E-state index is 0.181. The van der Waals surface area contributed by atoms with Gasteiger partial charge >= 0.3 is 5.97 Å². The molecule has 7 nitrogen and oxygen atoms in total. The molecule has 4 rings (SSSR count). The Morgan fingerprint density at radius 1 is 1.14 bits per heavy atom. The number of carboxylic acid groups (broad SMARTS) is 1. The van der Waals surface area contributed by atoms with Gasteiger partial charge in [-0.05, 0) is 42.1 Å². The zero-order valence-corrected chi connectivity index (χ0v) is 15.8. The summed E-state index contributed by atoms with van der Waals surface area (Å²) in [6, 6.07) is 13.6. The van der Waals surface area contributed by atoms with E-state index >= 15 is 0 Å². The average molecular weight is 414 g/mol. The number of benzene rings is 2. The number of aliphatic imine (C=N–C) groups is 1. The molecule has 2 heterocycles. The third kappa shape index (κ3) is 3.28. The molecule has 0 atom stereocenters. The number of amides is 2. The molecule has 1 fully saturated rings. The first-order valence-electron chi connectivity index (χ1n) is 8.15. The Labute approximate surface area is 168 Å². The molecule has 1 saturated heterocycles. The molecule has 0 spiro atoms. The third-order valence-corrected chi connectivity index (χ3v) is 5.36. The quantitative estimate of drug-likeness (QED) is 0.753. The Bertz CT molecular complexity index is 1080. The number of fused-ring (bicyclic) bond motifs is 1. The van der Waals surface area contributed by atoms with Gasteiger partial charge in [0.1, 0.15) is 6.54 Å². The summed E-state index contributed by atoms with van der Waals surface area (Å²) in [5.74, 6) is -2.11. The summed E-state index contributed by atoms with van der Waals surface area (Å²) in [6.45, 7) is -0.482. The second-order valence-electron chi connectivity index (χ2n) is 5.96. The summed E-state index contributed by atoms with van der Waals surface area (Å²) >= 11 is 6.90. The Balaban J connectivity index is 1.74. The van der Waals surface area contributed by atoms with Crippen molar-refractivity contribution in [3.05, 3.63) is 64.0 Å². The van der Waals surface area contributed by atoms with Gasteiger partial charge in [-0.3, -0.25) is 19.3 Å². The summed E-state index contributed by atoms with van der Waals surface area (Å²) in [6.07, 6.45) is 0. The fraction of sp³-hybridized carbons (Fsp3) is 0.0526. The number of para-hydroxylation sites is 1. The van der Waals surface area contributed by atoms with Crippen molar-refractivity contribution < 1.29 is 19.5 Å². The van der Waals surface area contributed by atoms with Crippen molar-refractivity contribution in [2.75, 3.05) is 11.4 Å². The number of carbonyl (C=O) groups excluding carboxylic acids is 2. The van der Waals surface area contributed by atoms with E-state index in [1.165, 1.54) is 0 Å². The van der Waals surface area contributed by atoms with Gasteiger partial charge in [0.15, 0.2) is 5.17 Å². The molecule has 0 unspecified atom stereocenters. The van der Waals surface area contributed by atoms with Crippen LogP contribution in [-0.4, -0.2) is 34.6 Å². The fourth-order valence-corrected chi connectivity index (χ4v) is 4.02. The molecule has 0 aromatic heterocycles. The van der Waals surface area contributed by atoms with Gasteiger partial charge < -0.3 is 10.4 Å². The summed E-state index contributed by atoms with van der Waals surface area (Å²) in [5, 5.41) is 12.7. The number of hydrogen-bond acceptors (Lipinski definition) is 5. The van der Waals surface area contributed by atoms with E-state index in [-0.39, 0.29) is 10.5 Å². The maximum absolute atomic E-state index is 12.9. The number of carboxylic acids is 1. The lowest BCUT2D eigenvalue weighted by molar-refractivity contribution is -0.136. The lowest BCUT2D eigenvalue weighted by Crippen LogP contribution is -2.32. The Morgan fingerprint density at radius 2 is 1.86 bits per heavy atom. The topological polar surface area (TPSA) is 99.1 Å². The number of thioether (sulfide) groups is 1. The predicted molar refractivity (Wildman–Crippen MR) is 108 cm³/mol. The lowest BCUT2D eigenvalue weighted by Gasteiger charge is -2.13. The Kier molecular flexibility index (Phi) is 4.66. The molecular weight excluding hydrogens is 402 g/mol. The van der Waals surface area contributed by atoms with E-state index in [1.54, 1.807) is 48.5 Å². The number of amidine groups is 1. The van der Waals surface area contributed by atoms with Crippen molar-refractivity contribution in [2.45, 2.75) is 0 Å². The zero-order valence-electron chi connectivity index (χ0n) is 14.2. The van der Waals surface area contributed by atoms with Crippen LogP contribution < -0.4 is 10.2 Å². The molecule has 2 aliphatic heterocycles. The predicted octanol–water partition coefficient (Wildman–Crippen LogP) is 3.03. The standard InChI is InChI=1S/C19H12ClN3O4S/c20-10-5-7-11(8-6-10)21-19-22-17(26)16(28-19)15-12-3-1-2-4-13(12)23(18(15)27)9-14(24)25/h1-8H,9H2,(H,24,25)(H,21,22,26)/b16-15-. The lowest BCUT2D eigenvalue weighted by atomic mass is 10.1. The van der Waals surface area contributed by atoms with Gasteiger partial charge in [0.05, 0.1) is 21.9 Å². The van der Waals surface area contributed by atoms with Crippen LogP contribution in [0.4, 0.5) is 11.4 Å². The van der Waals surface area contributed by atoms with E-state index in [2.05, 4.69) is 10.3 Å². The van der Waals surface area contributed by atoms with Gasteiger partial charge in [0, 0.05) is 10.6 Å². The minimum Gasteiger partial charge on any atom is -0.480 e. The highest BCUT2D eigenvalue weighted by molar-refractivity contribution is 8.18. The maximum atomic E-state index is 12.9. The maximum Gasteiger partial charge on any atom is 0.323 e. The van der Waals surface area contributed by atoms with Crippen LogP contribution in [0.2, 0.25) is 5.02 Å². The molecule has 2 amide bonds. The van der Waals surface area contributed by atoms with E-state index in [0.29, 0.717) is 27.1 Å². The SMILES string of the molecule is O=C(O)CN1C(=O)/C(=C2\SC(=Nc3ccc(Cl)cc3)NC2=O)c2ccccc21. The third-order valence-electron chi connectivity index (χ3n) is 4.13. The highest BCUT2D eigenvalue weighted by atomic mass is 35.5. The molecule has 140 valence electrons. The first-order valence-corrected chi connectivity index (χ1v) is 9.34. The number of halogens is 1. The Morgan fingerprint density at radius 3 is 2.57 bits per heavy atom. The summed E-state index contributed by atoms with van der Waals surface area (Å²) in [4.78, 5) is 42.3. The fourth-order valence-electron chi connectivity index (χ4n) is 2.96. The van der Waals surface area contributed by atoms with Crippen molar-refractivity contribution in [1.82, 2.24) is 5.32 Å². The van der Waals surface area contributed by atoms with Gasteiger partial charge in [-0.2, -0.15) is 0 Å². The normalized spacial score (nSPS) is 19.9. The summed E-state index contributed by atoms with van der Waals surface area (Å²) in [7, 11) is 0. The first kappa shape index (κ1) is 18.3. The van der Waals surface area contributed by atoms with E-state index in [4.69, 9.17) is 16.7 Å². The number of aliphatic carboxylic acids is 1. The van der Waals surface area contributed by atoms with Gasteiger partial charge in [0.2, 0.25) is 0 Å². The van der Waals surface area contributed by atoms with E-state index in [1.807, 2.05) is 0 Å². The second-order valence-corrected chi connectivity index (χ2v) is 7.39. The van der Waals surface area contributed by atoms with Crippen molar-refractivity contribution in [3.63, 3.8) is 0 Å². The van der Waals surface area contributed by atoms with Crippen LogP contribution in [0.15, 0.2) is 58.4 Å². The molecule has 9 heteroatoms. The van der Waals surface area contributed by atoms with Gasteiger partial charge in [-0.15, -0.1) is 0 Å².